The Hall–Kier alpha value is -1.53. The third-order valence-electron chi connectivity index (χ3n) is 3.18. The molecule has 1 aromatic heterocycles. The van der Waals surface area contributed by atoms with Crippen LogP contribution in [-0.4, -0.2) is 34.7 Å². The van der Waals surface area contributed by atoms with E-state index in [1.807, 2.05) is 13.8 Å². The van der Waals surface area contributed by atoms with Gasteiger partial charge in [0.05, 0.1) is 5.69 Å². The predicted molar refractivity (Wildman–Crippen MR) is 64.4 cm³/mol. The van der Waals surface area contributed by atoms with Crippen molar-refractivity contribution in [2.75, 3.05) is 13.7 Å². The summed E-state index contributed by atoms with van der Waals surface area (Å²) in [5, 5.41) is 12.4. The van der Waals surface area contributed by atoms with Gasteiger partial charge in [-0.2, -0.15) is 0 Å². The van der Waals surface area contributed by atoms with Gasteiger partial charge in [-0.05, 0) is 13.8 Å². The second-order valence-electron chi connectivity index (χ2n) is 4.77. The largest absolute Gasteiger partial charge is 0.476 e. The topological polar surface area (TPSA) is 84.3 Å². The number of aromatic carboxylic acids is 1. The van der Waals surface area contributed by atoms with Crippen molar-refractivity contribution in [2.45, 2.75) is 32.4 Å². The number of aromatic nitrogens is 2. The molecular weight excluding hydrogens is 234 g/mol. The van der Waals surface area contributed by atoms with E-state index in [1.54, 1.807) is 7.11 Å². The molecule has 0 bridgehead atoms. The van der Waals surface area contributed by atoms with Crippen LogP contribution >= 0.6 is 0 Å². The Morgan fingerprint density at radius 3 is 2.78 bits per heavy atom. The van der Waals surface area contributed by atoms with Crippen molar-refractivity contribution >= 4 is 5.97 Å². The first-order valence-corrected chi connectivity index (χ1v) is 5.85. The molecule has 0 unspecified atom stereocenters. The predicted octanol–water partition coefficient (Wildman–Crippen LogP) is 0.702. The molecule has 0 amide bonds. The lowest BCUT2D eigenvalue weighted by molar-refractivity contribution is 0.0109. The molecule has 98 valence electrons. The van der Waals surface area contributed by atoms with Crippen molar-refractivity contribution in [3.8, 4) is 0 Å². The van der Waals surface area contributed by atoms with Gasteiger partial charge in [0.2, 0.25) is 0 Å². The summed E-state index contributed by atoms with van der Waals surface area (Å²) in [6.07, 6.45) is 0.713. The summed E-state index contributed by atoms with van der Waals surface area (Å²) in [5.41, 5.74) is 0.877. The number of hydrogen-bond acceptors (Lipinski definition) is 5. The van der Waals surface area contributed by atoms with Crippen molar-refractivity contribution in [2.24, 2.45) is 0 Å². The zero-order valence-electron chi connectivity index (χ0n) is 10.8. The van der Waals surface area contributed by atoms with Crippen LogP contribution in [-0.2, 0) is 23.3 Å². The Kier molecular flexibility index (Phi) is 3.32. The molecule has 2 N–H and O–H groups in total. The maximum Gasteiger partial charge on any atom is 0.354 e. The zero-order valence-corrected chi connectivity index (χ0v) is 10.8. The number of hydrogen-bond donors (Lipinski definition) is 2. The van der Waals surface area contributed by atoms with Gasteiger partial charge < -0.3 is 15.2 Å². The lowest BCUT2D eigenvalue weighted by Gasteiger charge is -2.25. The van der Waals surface area contributed by atoms with Crippen molar-refractivity contribution in [3.05, 3.63) is 22.8 Å². The van der Waals surface area contributed by atoms with Crippen LogP contribution < -0.4 is 5.32 Å². The molecule has 0 saturated heterocycles. The minimum absolute atomic E-state index is 0.0762. The van der Waals surface area contributed by atoms with Gasteiger partial charge in [0, 0.05) is 32.2 Å². The van der Waals surface area contributed by atoms with Crippen molar-refractivity contribution in [3.63, 3.8) is 0 Å². The fourth-order valence-corrected chi connectivity index (χ4v) is 1.88. The van der Waals surface area contributed by atoms with E-state index in [2.05, 4.69) is 15.3 Å². The van der Waals surface area contributed by atoms with Crippen LogP contribution in [0.2, 0.25) is 0 Å². The Morgan fingerprint density at radius 2 is 2.17 bits per heavy atom. The normalized spacial score (nSPS) is 15.3. The minimum atomic E-state index is -1.02. The molecule has 0 radical (unpaired) electrons. The molecule has 0 spiro atoms. The average molecular weight is 251 g/mol. The quantitative estimate of drug-likeness (QED) is 0.822. The Morgan fingerprint density at radius 1 is 1.44 bits per heavy atom. The first-order valence-electron chi connectivity index (χ1n) is 5.85. The van der Waals surface area contributed by atoms with E-state index < -0.39 is 11.6 Å². The molecule has 2 heterocycles. The monoisotopic (exact) mass is 251 g/mol. The van der Waals surface area contributed by atoms with Gasteiger partial charge in [-0.15, -0.1) is 0 Å². The average Bonchev–Trinajstić information content (AvgIpc) is 2.37. The Bertz CT molecular complexity index is 486. The van der Waals surface area contributed by atoms with E-state index in [-0.39, 0.29) is 5.69 Å². The molecule has 1 aromatic rings. The van der Waals surface area contributed by atoms with Crippen molar-refractivity contribution in [1.82, 2.24) is 15.3 Å². The van der Waals surface area contributed by atoms with Crippen LogP contribution in [0.15, 0.2) is 0 Å². The van der Waals surface area contributed by atoms with E-state index in [9.17, 15) is 9.90 Å². The van der Waals surface area contributed by atoms with E-state index in [0.717, 1.165) is 12.2 Å². The maximum absolute atomic E-state index is 11.3. The molecule has 0 aliphatic carbocycles. The standard InChI is InChI=1S/C12H17N3O3/c1-12(2,18-3)11-14-8-4-5-13-6-7(8)9(15-11)10(16)17/h13H,4-6H2,1-3H3,(H,16,17). The van der Waals surface area contributed by atoms with Gasteiger partial charge in [0.15, 0.2) is 11.5 Å². The van der Waals surface area contributed by atoms with Crippen LogP contribution in [0.4, 0.5) is 0 Å². The highest BCUT2D eigenvalue weighted by atomic mass is 16.5. The third kappa shape index (κ3) is 2.21. The number of fused-ring (bicyclic) bond motifs is 1. The van der Waals surface area contributed by atoms with E-state index in [4.69, 9.17) is 4.74 Å². The molecule has 0 saturated carbocycles. The number of carboxylic acid groups (broad SMARTS) is 1. The summed E-state index contributed by atoms with van der Waals surface area (Å²) in [4.78, 5) is 19.9. The minimum Gasteiger partial charge on any atom is -0.476 e. The molecule has 0 aromatic carbocycles. The lowest BCUT2D eigenvalue weighted by atomic mass is 10.0. The zero-order chi connectivity index (χ0) is 13.3. The van der Waals surface area contributed by atoms with Crippen molar-refractivity contribution in [1.29, 1.82) is 0 Å². The molecule has 6 heteroatoms. The Labute approximate surface area is 105 Å². The van der Waals surface area contributed by atoms with Crippen LogP contribution in [0.5, 0.6) is 0 Å². The number of nitrogens with one attached hydrogen (secondary N) is 1. The molecule has 1 aliphatic rings. The highest BCUT2D eigenvalue weighted by molar-refractivity contribution is 5.87. The molecule has 18 heavy (non-hydrogen) atoms. The molecular formula is C12H17N3O3. The van der Waals surface area contributed by atoms with Crippen molar-refractivity contribution < 1.29 is 14.6 Å². The van der Waals surface area contributed by atoms with E-state index in [1.165, 1.54) is 0 Å². The van der Waals surface area contributed by atoms with Gasteiger partial charge in [0.1, 0.15) is 5.60 Å². The highest BCUT2D eigenvalue weighted by Crippen LogP contribution is 2.24. The first-order chi connectivity index (χ1) is 8.45. The fraction of sp³-hybridized carbons (Fsp3) is 0.583. The van der Waals surface area contributed by atoms with Gasteiger partial charge in [-0.1, -0.05) is 0 Å². The third-order valence-corrected chi connectivity index (χ3v) is 3.18. The summed E-state index contributed by atoms with van der Waals surface area (Å²) in [5.74, 6) is -0.603. The molecule has 1 aliphatic heterocycles. The van der Waals surface area contributed by atoms with Crippen LogP contribution in [0.1, 0.15) is 41.4 Å². The summed E-state index contributed by atoms with van der Waals surface area (Å²) in [7, 11) is 1.56. The highest BCUT2D eigenvalue weighted by Gasteiger charge is 2.29. The molecule has 0 fully saturated rings. The summed E-state index contributed by atoms with van der Waals surface area (Å²) in [6.45, 7) is 4.95. The summed E-state index contributed by atoms with van der Waals surface area (Å²) >= 11 is 0. The summed E-state index contributed by atoms with van der Waals surface area (Å²) in [6, 6.07) is 0. The summed E-state index contributed by atoms with van der Waals surface area (Å²) < 4.78 is 5.32. The molecule has 2 rings (SSSR count). The van der Waals surface area contributed by atoms with E-state index >= 15 is 0 Å². The number of carboxylic acids is 1. The SMILES string of the molecule is COC(C)(C)c1nc2c(c(C(=O)O)n1)CNCC2. The smallest absolute Gasteiger partial charge is 0.354 e. The Balaban J connectivity index is 2.58. The number of nitrogens with zero attached hydrogens (tertiary/aromatic N) is 2. The van der Waals surface area contributed by atoms with E-state index in [0.29, 0.717) is 24.4 Å². The maximum atomic E-state index is 11.3. The molecule has 6 nitrogen and oxygen atoms in total. The van der Waals surface area contributed by atoms with Gasteiger partial charge in [-0.3, -0.25) is 0 Å². The molecule has 0 atom stereocenters. The second kappa shape index (κ2) is 4.62. The van der Waals surface area contributed by atoms with Crippen LogP contribution in [0, 0.1) is 0 Å². The fourth-order valence-electron chi connectivity index (χ4n) is 1.88. The number of ether oxygens (including phenoxy) is 1. The van der Waals surface area contributed by atoms with Crippen LogP contribution in [0.25, 0.3) is 0 Å². The first kappa shape index (κ1) is 12.9. The lowest BCUT2D eigenvalue weighted by Crippen LogP contribution is -2.31. The number of rotatable bonds is 3. The van der Waals surface area contributed by atoms with Gasteiger partial charge >= 0.3 is 5.97 Å². The van der Waals surface area contributed by atoms with Crippen LogP contribution in [0.3, 0.4) is 0 Å². The second-order valence-corrected chi connectivity index (χ2v) is 4.77. The van der Waals surface area contributed by atoms with Gasteiger partial charge in [-0.25, -0.2) is 14.8 Å². The van der Waals surface area contributed by atoms with Gasteiger partial charge in [0.25, 0.3) is 0 Å². The number of carbonyl (C=O) groups is 1. The number of methoxy groups -OCH3 is 1.